The number of alkyl halides is 3. The van der Waals surface area contributed by atoms with Crippen LogP contribution in [-0.4, -0.2) is 74.0 Å². The predicted octanol–water partition coefficient (Wildman–Crippen LogP) is 5.43. The normalized spacial score (nSPS) is 20.6. The van der Waals surface area contributed by atoms with Crippen molar-refractivity contribution in [2.24, 2.45) is 0 Å². The first-order valence-electron chi connectivity index (χ1n) is 14.3. The highest BCUT2D eigenvalue weighted by atomic mass is 19.4. The molecule has 42 heavy (non-hydrogen) atoms. The zero-order valence-electron chi connectivity index (χ0n) is 23.5. The van der Waals surface area contributed by atoms with Crippen molar-refractivity contribution in [3.05, 3.63) is 65.9 Å². The number of morpholine rings is 1. The second-order valence-corrected chi connectivity index (χ2v) is 10.7. The van der Waals surface area contributed by atoms with Crippen molar-refractivity contribution in [2.75, 3.05) is 68.4 Å². The summed E-state index contributed by atoms with van der Waals surface area (Å²) in [7, 11) is 1.62. The first kappa shape index (κ1) is 28.5. The fourth-order valence-corrected chi connectivity index (χ4v) is 6.02. The molecule has 0 aliphatic carbocycles. The number of benzene rings is 2. The first-order valence-corrected chi connectivity index (χ1v) is 14.3. The van der Waals surface area contributed by atoms with Gasteiger partial charge < -0.3 is 19.7 Å². The SMILES string of the molecule is COc1cc(Nc2ncc(C(F)(F)F)c(N3OCCC3c3ccccc3)n2)ccc1N1CCC(N2CCOCC2)CC1. The second-order valence-electron chi connectivity index (χ2n) is 10.7. The molecule has 3 fully saturated rings. The Morgan fingerprint density at radius 2 is 1.71 bits per heavy atom. The van der Waals surface area contributed by atoms with Crippen LogP contribution in [-0.2, 0) is 15.8 Å². The summed E-state index contributed by atoms with van der Waals surface area (Å²) >= 11 is 0. The molecule has 9 nitrogen and oxygen atoms in total. The highest BCUT2D eigenvalue weighted by Gasteiger charge is 2.40. The van der Waals surface area contributed by atoms with Crippen LogP contribution in [0.2, 0.25) is 0 Å². The Bertz CT molecular complexity index is 1350. The predicted molar refractivity (Wildman–Crippen MR) is 153 cm³/mol. The number of nitrogens with zero attached hydrogens (tertiary/aromatic N) is 5. The number of anilines is 4. The Balaban J connectivity index is 1.20. The van der Waals surface area contributed by atoms with Gasteiger partial charge in [0.25, 0.3) is 0 Å². The molecule has 3 aromatic rings. The van der Waals surface area contributed by atoms with Crippen LogP contribution in [0, 0.1) is 0 Å². The Kier molecular flexibility index (Phi) is 8.36. The van der Waals surface area contributed by atoms with Crippen molar-refractivity contribution < 1.29 is 27.5 Å². The molecule has 6 rings (SSSR count). The molecule has 1 N–H and O–H groups in total. The standard InChI is InChI=1S/C30H35F3N6O3/c1-40-27-19-22(7-8-26(27)38-12-9-23(10-13-38)37-14-17-41-18-15-37)35-29-34-20-24(30(31,32)33)28(36-29)39-25(11-16-42-39)21-5-3-2-4-6-21/h2-8,19-20,23,25H,9-18H2,1H3,(H,34,35,36). The molecule has 0 spiro atoms. The number of rotatable bonds is 7. The molecule has 224 valence electrons. The maximum atomic E-state index is 14.0. The Morgan fingerprint density at radius 1 is 0.952 bits per heavy atom. The van der Waals surface area contributed by atoms with E-state index in [1.165, 1.54) is 5.06 Å². The average molecular weight is 585 g/mol. The average Bonchev–Trinajstić information content (AvgIpc) is 3.52. The molecule has 0 amide bonds. The van der Waals surface area contributed by atoms with Crippen molar-refractivity contribution >= 4 is 23.1 Å². The van der Waals surface area contributed by atoms with Gasteiger partial charge in [-0.15, -0.1) is 0 Å². The van der Waals surface area contributed by atoms with Gasteiger partial charge in [0.1, 0.15) is 11.3 Å². The molecule has 1 unspecified atom stereocenters. The Hall–Kier alpha value is -3.61. The summed E-state index contributed by atoms with van der Waals surface area (Å²) in [6.45, 7) is 5.67. The van der Waals surface area contributed by atoms with Crippen LogP contribution in [0.3, 0.4) is 0 Å². The van der Waals surface area contributed by atoms with E-state index in [4.69, 9.17) is 14.3 Å². The van der Waals surface area contributed by atoms with Gasteiger partial charge in [-0.3, -0.25) is 9.74 Å². The molecule has 1 aromatic heterocycles. The van der Waals surface area contributed by atoms with Gasteiger partial charge in [0, 0.05) is 56.6 Å². The number of hydroxylamine groups is 1. The molecule has 0 bridgehead atoms. The molecule has 2 aromatic carbocycles. The van der Waals surface area contributed by atoms with Gasteiger partial charge in [0.15, 0.2) is 5.82 Å². The highest BCUT2D eigenvalue weighted by Crippen LogP contribution is 2.42. The van der Waals surface area contributed by atoms with Crippen LogP contribution in [0.5, 0.6) is 5.75 Å². The minimum Gasteiger partial charge on any atom is -0.495 e. The zero-order chi connectivity index (χ0) is 29.1. The van der Waals surface area contributed by atoms with E-state index in [2.05, 4.69) is 25.1 Å². The summed E-state index contributed by atoms with van der Waals surface area (Å²) in [5, 5.41) is 4.33. The van der Waals surface area contributed by atoms with E-state index in [0.29, 0.717) is 23.9 Å². The third-order valence-electron chi connectivity index (χ3n) is 8.17. The minimum absolute atomic E-state index is 0.0291. The lowest BCUT2D eigenvalue weighted by Crippen LogP contribution is -2.49. The van der Waals surface area contributed by atoms with Crippen LogP contribution in [0.15, 0.2) is 54.7 Å². The summed E-state index contributed by atoms with van der Waals surface area (Å²) in [6, 6.07) is 15.1. The largest absolute Gasteiger partial charge is 0.495 e. The van der Waals surface area contributed by atoms with Crippen molar-refractivity contribution in [3.63, 3.8) is 0 Å². The number of piperidine rings is 1. The number of hydrogen-bond acceptors (Lipinski definition) is 9. The number of hydrogen-bond donors (Lipinski definition) is 1. The zero-order valence-corrected chi connectivity index (χ0v) is 23.5. The summed E-state index contributed by atoms with van der Waals surface area (Å²) in [5.74, 6) is 0.378. The van der Waals surface area contributed by atoms with E-state index in [1.807, 2.05) is 48.5 Å². The minimum atomic E-state index is -4.65. The van der Waals surface area contributed by atoms with Crippen LogP contribution < -0.4 is 20.0 Å². The lowest BCUT2D eigenvalue weighted by molar-refractivity contribution is -0.138. The number of nitrogens with one attached hydrogen (secondary N) is 1. The van der Waals surface area contributed by atoms with Crippen molar-refractivity contribution in [3.8, 4) is 5.75 Å². The Labute approximate surface area is 243 Å². The topological polar surface area (TPSA) is 75.2 Å². The third kappa shape index (κ3) is 6.11. The van der Waals surface area contributed by atoms with E-state index in [-0.39, 0.29) is 18.4 Å². The van der Waals surface area contributed by atoms with Gasteiger partial charge >= 0.3 is 6.18 Å². The molecule has 3 aliphatic heterocycles. The van der Waals surface area contributed by atoms with Crippen molar-refractivity contribution in [2.45, 2.75) is 37.5 Å². The molecule has 0 saturated carbocycles. The fraction of sp³-hybridized carbons (Fsp3) is 0.467. The van der Waals surface area contributed by atoms with E-state index in [1.54, 1.807) is 7.11 Å². The van der Waals surface area contributed by atoms with Gasteiger partial charge in [-0.1, -0.05) is 30.3 Å². The molecule has 4 heterocycles. The van der Waals surface area contributed by atoms with Crippen LogP contribution in [0.4, 0.5) is 36.3 Å². The summed E-state index contributed by atoms with van der Waals surface area (Å²) < 4.78 is 53.3. The van der Waals surface area contributed by atoms with Crippen LogP contribution >= 0.6 is 0 Å². The molecule has 1 atom stereocenters. The van der Waals surface area contributed by atoms with E-state index < -0.39 is 17.8 Å². The number of aromatic nitrogens is 2. The summed E-state index contributed by atoms with van der Waals surface area (Å²) in [6.07, 6.45) is -1.18. The van der Waals surface area contributed by atoms with E-state index >= 15 is 0 Å². The van der Waals surface area contributed by atoms with Gasteiger partial charge in [0.2, 0.25) is 5.95 Å². The number of halogens is 3. The molecule has 3 saturated heterocycles. The quantitative estimate of drug-likeness (QED) is 0.391. The summed E-state index contributed by atoms with van der Waals surface area (Å²) in [5.41, 5.74) is 1.48. The van der Waals surface area contributed by atoms with Crippen molar-refractivity contribution in [1.82, 2.24) is 14.9 Å². The third-order valence-corrected chi connectivity index (χ3v) is 8.17. The van der Waals surface area contributed by atoms with Gasteiger partial charge in [-0.05, 0) is 30.5 Å². The molecular formula is C30H35F3N6O3. The molecular weight excluding hydrogens is 549 g/mol. The lowest BCUT2D eigenvalue weighted by Gasteiger charge is -2.41. The van der Waals surface area contributed by atoms with E-state index in [0.717, 1.165) is 69.7 Å². The van der Waals surface area contributed by atoms with Gasteiger partial charge in [-0.25, -0.2) is 10.0 Å². The molecule has 12 heteroatoms. The first-order chi connectivity index (χ1) is 20.4. The molecule has 0 radical (unpaired) electrons. The number of ether oxygens (including phenoxy) is 2. The van der Waals surface area contributed by atoms with Crippen molar-refractivity contribution in [1.29, 1.82) is 0 Å². The van der Waals surface area contributed by atoms with E-state index in [9.17, 15) is 13.2 Å². The van der Waals surface area contributed by atoms with Crippen LogP contribution in [0.1, 0.15) is 36.4 Å². The summed E-state index contributed by atoms with van der Waals surface area (Å²) in [4.78, 5) is 18.8. The van der Waals surface area contributed by atoms with Crippen LogP contribution in [0.25, 0.3) is 0 Å². The molecule has 3 aliphatic rings. The fourth-order valence-electron chi connectivity index (χ4n) is 6.02. The maximum absolute atomic E-state index is 14.0. The Morgan fingerprint density at radius 3 is 2.43 bits per heavy atom. The smallest absolute Gasteiger partial charge is 0.421 e. The number of methoxy groups -OCH3 is 1. The van der Waals surface area contributed by atoms with Gasteiger partial charge in [-0.2, -0.15) is 18.2 Å². The van der Waals surface area contributed by atoms with Gasteiger partial charge in [0.05, 0.1) is 38.7 Å². The lowest BCUT2D eigenvalue weighted by atomic mass is 10.0. The maximum Gasteiger partial charge on any atom is 0.421 e. The monoisotopic (exact) mass is 584 g/mol. The second kappa shape index (κ2) is 12.3. The highest BCUT2D eigenvalue weighted by molar-refractivity contribution is 5.68.